The first kappa shape index (κ1) is 22.2. The van der Waals surface area contributed by atoms with E-state index < -0.39 is 0 Å². The summed E-state index contributed by atoms with van der Waals surface area (Å²) in [5.74, 6) is 0.229. The Balaban J connectivity index is 1.64. The van der Waals surface area contributed by atoms with Crippen molar-refractivity contribution in [2.75, 3.05) is 6.61 Å². The van der Waals surface area contributed by atoms with Crippen LogP contribution in [-0.4, -0.2) is 22.6 Å². The molecule has 32 heavy (non-hydrogen) atoms. The molecule has 0 radical (unpaired) electrons. The lowest BCUT2D eigenvalue weighted by molar-refractivity contribution is -0.165. The number of carbonyl (C=O) groups is 1. The van der Waals surface area contributed by atoms with Gasteiger partial charge in [0.15, 0.2) is 5.76 Å². The molecule has 0 aromatic heterocycles. The van der Waals surface area contributed by atoms with Gasteiger partial charge in [0.2, 0.25) is 5.78 Å². The lowest BCUT2D eigenvalue weighted by Crippen LogP contribution is -2.61. The Morgan fingerprint density at radius 1 is 0.969 bits per heavy atom. The van der Waals surface area contributed by atoms with Crippen LogP contribution in [0.25, 0.3) is 0 Å². The van der Waals surface area contributed by atoms with E-state index in [1.54, 1.807) is 6.08 Å². The van der Waals surface area contributed by atoms with Gasteiger partial charge in [-0.2, -0.15) is 0 Å². The molecule has 3 fully saturated rings. The maximum Gasteiger partial charge on any atom is 0.220 e. The van der Waals surface area contributed by atoms with Crippen molar-refractivity contribution in [2.24, 2.45) is 33.0 Å². The molecule has 174 valence electrons. The SMILES string of the molecule is CC1=C(O)C(=O)C=C2C1=CC=C1C2(C)CC[C@@]2(C)[C@@H]3C[C@](C)(CO)CC[C@]3(C)CC[C@]12C. The highest BCUT2D eigenvalue weighted by Gasteiger charge is 2.66. The van der Waals surface area contributed by atoms with Gasteiger partial charge in [-0.05, 0) is 96.7 Å². The molecule has 3 heteroatoms. The minimum atomic E-state index is -0.252. The molecule has 0 amide bonds. The lowest BCUT2D eigenvalue weighted by atomic mass is 9.34. The molecule has 5 aliphatic carbocycles. The molecule has 1 unspecified atom stereocenters. The van der Waals surface area contributed by atoms with E-state index in [0.29, 0.717) is 16.9 Å². The highest BCUT2D eigenvalue weighted by atomic mass is 16.3. The molecule has 0 aromatic carbocycles. The molecular weight excluding hydrogens is 396 g/mol. The topological polar surface area (TPSA) is 57.5 Å². The molecule has 3 nitrogen and oxygen atoms in total. The smallest absolute Gasteiger partial charge is 0.220 e. The summed E-state index contributed by atoms with van der Waals surface area (Å²) < 4.78 is 0. The molecule has 0 spiro atoms. The number of ketones is 1. The van der Waals surface area contributed by atoms with Gasteiger partial charge in [0.25, 0.3) is 0 Å². The summed E-state index contributed by atoms with van der Waals surface area (Å²) in [5.41, 5.74) is 4.76. The fourth-order valence-corrected chi connectivity index (χ4v) is 8.67. The van der Waals surface area contributed by atoms with Crippen LogP contribution in [0, 0.1) is 33.0 Å². The number of rotatable bonds is 1. The first-order valence-corrected chi connectivity index (χ1v) is 12.5. The molecule has 6 atom stereocenters. The van der Waals surface area contributed by atoms with Crippen molar-refractivity contribution >= 4 is 5.78 Å². The Morgan fingerprint density at radius 3 is 2.34 bits per heavy atom. The highest BCUT2D eigenvalue weighted by molar-refractivity contribution is 6.06. The third-order valence-electron chi connectivity index (χ3n) is 11.3. The maximum absolute atomic E-state index is 12.6. The van der Waals surface area contributed by atoms with Crippen LogP contribution in [0.1, 0.15) is 86.5 Å². The summed E-state index contributed by atoms with van der Waals surface area (Å²) in [6.07, 6.45) is 14.2. The summed E-state index contributed by atoms with van der Waals surface area (Å²) in [6.45, 7) is 14.3. The van der Waals surface area contributed by atoms with Gasteiger partial charge in [-0.3, -0.25) is 4.79 Å². The normalized spacial score (nSPS) is 48.0. The van der Waals surface area contributed by atoms with Gasteiger partial charge in [-0.1, -0.05) is 52.3 Å². The number of allylic oxidation sites excluding steroid dienone is 7. The monoisotopic (exact) mass is 436 g/mol. The van der Waals surface area contributed by atoms with E-state index in [2.05, 4.69) is 46.8 Å². The largest absolute Gasteiger partial charge is 0.504 e. The van der Waals surface area contributed by atoms with Crippen molar-refractivity contribution < 1.29 is 15.0 Å². The quantitative estimate of drug-likeness (QED) is 0.486. The van der Waals surface area contributed by atoms with Gasteiger partial charge in [-0.15, -0.1) is 0 Å². The van der Waals surface area contributed by atoms with Crippen LogP contribution < -0.4 is 0 Å². The molecule has 0 saturated heterocycles. The zero-order chi connectivity index (χ0) is 23.3. The van der Waals surface area contributed by atoms with Crippen molar-refractivity contribution in [3.63, 3.8) is 0 Å². The lowest BCUT2D eigenvalue weighted by Gasteiger charge is -2.70. The van der Waals surface area contributed by atoms with E-state index in [4.69, 9.17) is 0 Å². The third kappa shape index (κ3) is 2.55. The van der Waals surface area contributed by atoms with Crippen LogP contribution in [0.2, 0.25) is 0 Å². The van der Waals surface area contributed by atoms with Crippen LogP contribution in [0.4, 0.5) is 0 Å². The number of aliphatic hydroxyl groups is 2. The Hall–Kier alpha value is -1.61. The second kappa shape index (κ2) is 6.50. The van der Waals surface area contributed by atoms with E-state index in [1.807, 2.05) is 6.92 Å². The number of aliphatic hydroxyl groups excluding tert-OH is 2. The highest BCUT2D eigenvalue weighted by Crippen LogP contribution is 2.75. The van der Waals surface area contributed by atoms with Crippen LogP contribution in [-0.2, 0) is 4.79 Å². The summed E-state index contributed by atoms with van der Waals surface area (Å²) in [4.78, 5) is 12.6. The van der Waals surface area contributed by atoms with Crippen molar-refractivity contribution in [3.8, 4) is 0 Å². The molecule has 5 aliphatic rings. The summed E-state index contributed by atoms with van der Waals surface area (Å²) in [5, 5.41) is 20.5. The molecule has 0 aromatic rings. The van der Waals surface area contributed by atoms with E-state index in [0.717, 1.165) is 36.8 Å². The Labute approximate surface area is 193 Å². The maximum atomic E-state index is 12.6. The number of carbonyl (C=O) groups excluding carboxylic acids is 1. The standard InChI is InChI=1S/C29H40O3/c1-18-19-7-8-22-27(4,20(19)15-21(31)24(18)32)12-14-29(6)23-16-25(2,17-30)9-10-26(23,3)11-13-28(22,29)5/h7-8,15,23,30,32H,9-14,16-17H2,1-6H3/t23-,25-,26-,27?,28-,29+/m1/s1. The molecule has 5 rings (SSSR count). The number of hydrogen-bond acceptors (Lipinski definition) is 3. The molecule has 0 heterocycles. The fraction of sp³-hybridized carbons (Fsp3) is 0.690. The van der Waals surface area contributed by atoms with E-state index in [9.17, 15) is 15.0 Å². The van der Waals surface area contributed by atoms with Gasteiger partial charge in [-0.25, -0.2) is 0 Å². The van der Waals surface area contributed by atoms with Gasteiger partial charge < -0.3 is 10.2 Å². The summed E-state index contributed by atoms with van der Waals surface area (Å²) >= 11 is 0. The summed E-state index contributed by atoms with van der Waals surface area (Å²) in [7, 11) is 0. The average Bonchev–Trinajstić information content (AvgIpc) is 2.76. The van der Waals surface area contributed by atoms with Crippen LogP contribution in [0.15, 0.2) is 46.3 Å². The van der Waals surface area contributed by atoms with Gasteiger partial charge in [0.05, 0.1) is 0 Å². The van der Waals surface area contributed by atoms with Crippen LogP contribution >= 0.6 is 0 Å². The average molecular weight is 437 g/mol. The van der Waals surface area contributed by atoms with E-state index in [-0.39, 0.29) is 39.8 Å². The minimum absolute atomic E-state index is 0.0257. The van der Waals surface area contributed by atoms with Crippen molar-refractivity contribution in [2.45, 2.75) is 86.5 Å². The minimum Gasteiger partial charge on any atom is -0.504 e. The second-order valence-electron chi connectivity index (χ2n) is 13.0. The first-order valence-electron chi connectivity index (χ1n) is 12.5. The van der Waals surface area contributed by atoms with Gasteiger partial charge in [0, 0.05) is 17.6 Å². The molecule has 3 saturated carbocycles. The van der Waals surface area contributed by atoms with Gasteiger partial charge >= 0.3 is 0 Å². The van der Waals surface area contributed by atoms with E-state index in [1.165, 1.54) is 24.8 Å². The molecule has 2 N–H and O–H groups in total. The third-order valence-corrected chi connectivity index (χ3v) is 11.3. The predicted octanol–water partition coefficient (Wildman–Crippen LogP) is 6.61. The second-order valence-corrected chi connectivity index (χ2v) is 13.0. The molecule has 0 bridgehead atoms. The van der Waals surface area contributed by atoms with Gasteiger partial charge in [0.1, 0.15) is 0 Å². The number of hydrogen-bond donors (Lipinski definition) is 2. The zero-order valence-corrected chi connectivity index (χ0v) is 20.8. The predicted molar refractivity (Wildman–Crippen MR) is 128 cm³/mol. The number of fused-ring (bicyclic) bond motifs is 7. The van der Waals surface area contributed by atoms with E-state index >= 15 is 0 Å². The Kier molecular flexibility index (Phi) is 4.51. The zero-order valence-electron chi connectivity index (χ0n) is 20.8. The van der Waals surface area contributed by atoms with Crippen LogP contribution in [0.3, 0.4) is 0 Å². The fourth-order valence-electron chi connectivity index (χ4n) is 8.67. The van der Waals surface area contributed by atoms with Crippen molar-refractivity contribution in [1.29, 1.82) is 0 Å². The van der Waals surface area contributed by atoms with Crippen LogP contribution in [0.5, 0.6) is 0 Å². The summed E-state index contributed by atoms with van der Waals surface area (Å²) in [6, 6.07) is 0. The Bertz CT molecular complexity index is 1030. The van der Waals surface area contributed by atoms with Crippen molar-refractivity contribution in [3.05, 3.63) is 46.3 Å². The van der Waals surface area contributed by atoms with Crippen molar-refractivity contribution in [1.82, 2.24) is 0 Å². The Morgan fingerprint density at radius 2 is 1.66 bits per heavy atom. The molecule has 0 aliphatic heterocycles. The first-order chi connectivity index (χ1) is 14.8. The molecular formula is C29H40O3.